The molecule has 4 atom stereocenters. The Morgan fingerprint density at radius 2 is 1.61 bits per heavy atom. The highest BCUT2D eigenvalue weighted by atomic mass is 16.5. The van der Waals surface area contributed by atoms with Gasteiger partial charge in [0.25, 0.3) is 0 Å². The van der Waals surface area contributed by atoms with Crippen LogP contribution in [0.15, 0.2) is 60.7 Å². The van der Waals surface area contributed by atoms with Crippen molar-refractivity contribution in [3.8, 4) is 17.9 Å². The van der Waals surface area contributed by atoms with E-state index in [1.165, 1.54) is 4.90 Å². The van der Waals surface area contributed by atoms with Gasteiger partial charge in [-0.2, -0.15) is 10.5 Å². The summed E-state index contributed by atoms with van der Waals surface area (Å²) in [4.78, 5) is 29.1. The summed E-state index contributed by atoms with van der Waals surface area (Å²) < 4.78 is 12.4. The average Bonchev–Trinajstić information content (AvgIpc) is 3.48. The number of ether oxygens (including phenoxy) is 2. The van der Waals surface area contributed by atoms with E-state index in [-0.39, 0.29) is 18.4 Å². The molecule has 2 bridgehead atoms. The number of carbonyl (C=O) groups excluding carboxylic acids is 2. The summed E-state index contributed by atoms with van der Waals surface area (Å²) in [6.45, 7) is 2.19. The lowest BCUT2D eigenvalue weighted by Crippen LogP contribution is -2.43. The summed E-state index contributed by atoms with van der Waals surface area (Å²) >= 11 is 0. The van der Waals surface area contributed by atoms with Crippen LogP contribution in [0.1, 0.15) is 37.3 Å². The van der Waals surface area contributed by atoms with Gasteiger partial charge in [-0.1, -0.05) is 36.4 Å². The predicted molar refractivity (Wildman–Crippen MR) is 131 cm³/mol. The minimum Gasteiger partial charge on any atom is -0.492 e. The van der Waals surface area contributed by atoms with Gasteiger partial charge in [0.15, 0.2) is 0 Å². The monoisotopic (exact) mass is 477 g/mol. The molecule has 3 aromatic rings. The number of carbonyl (C=O) groups is 2. The quantitative estimate of drug-likeness (QED) is 0.502. The van der Waals surface area contributed by atoms with Crippen LogP contribution in [0.25, 0.3) is 10.8 Å². The van der Waals surface area contributed by atoms with Crippen molar-refractivity contribution in [2.45, 2.75) is 37.4 Å². The van der Waals surface area contributed by atoms with E-state index in [1.807, 2.05) is 37.3 Å². The van der Waals surface area contributed by atoms with Crippen LogP contribution in [0, 0.1) is 34.5 Å². The van der Waals surface area contributed by atoms with E-state index < -0.39 is 23.0 Å². The highest BCUT2D eigenvalue weighted by Crippen LogP contribution is 2.62. The van der Waals surface area contributed by atoms with E-state index in [4.69, 9.17) is 9.47 Å². The van der Waals surface area contributed by atoms with Gasteiger partial charge >= 0.3 is 0 Å². The van der Waals surface area contributed by atoms with Crippen molar-refractivity contribution in [3.05, 3.63) is 71.8 Å². The summed E-state index contributed by atoms with van der Waals surface area (Å²) in [7, 11) is 0. The van der Waals surface area contributed by atoms with Crippen molar-refractivity contribution in [2.24, 2.45) is 11.8 Å². The second-order valence-electron chi connectivity index (χ2n) is 9.94. The number of para-hydroxylation sites is 1. The summed E-state index contributed by atoms with van der Waals surface area (Å²) in [5.41, 5.74) is -0.0756. The maximum absolute atomic E-state index is 13.9. The number of nitriles is 2. The van der Waals surface area contributed by atoms with Gasteiger partial charge in [0.2, 0.25) is 11.8 Å². The molecule has 3 aromatic carbocycles. The maximum atomic E-state index is 13.9. The van der Waals surface area contributed by atoms with Crippen LogP contribution in [0.3, 0.4) is 0 Å². The van der Waals surface area contributed by atoms with Gasteiger partial charge in [0.05, 0.1) is 52.5 Å². The zero-order valence-corrected chi connectivity index (χ0v) is 19.7. The van der Waals surface area contributed by atoms with E-state index in [9.17, 15) is 20.1 Å². The zero-order valence-electron chi connectivity index (χ0n) is 19.7. The van der Waals surface area contributed by atoms with Crippen molar-refractivity contribution in [1.82, 2.24) is 0 Å². The Hall–Kier alpha value is -4.20. The summed E-state index contributed by atoms with van der Waals surface area (Å²) in [5, 5.41) is 20.3. The normalized spacial score (nSPS) is 28.2. The molecule has 4 unspecified atom stereocenters. The Balaban J connectivity index is 1.34. The fraction of sp³-hybridized carbons (Fsp3) is 0.310. The molecule has 6 rings (SSSR count). The second-order valence-corrected chi connectivity index (χ2v) is 9.94. The minimum absolute atomic E-state index is 0.250. The number of imide groups is 1. The molecule has 3 fully saturated rings. The molecule has 0 spiro atoms. The lowest BCUT2D eigenvalue weighted by Gasteiger charge is -2.31. The van der Waals surface area contributed by atoms with E-state index in [0.29, 0.717) is 52.6 Å². The number of anilines is 1. The molecule has 3 saturated heterocycles. The van der Waals surface area contributed by atoms with E-state index in [2.05, 4.69) is 12.1 Å². The summed E-state index contributed by atoms with van der Waals surface area (Å²) in [6.07, 6.45) is 1.78. The Morgan fingerprint density at radius 3 is 2.39 bits per heavy atom. The molecule has 7 nitrogen and oxygen atoms in total. The third-order valence-corrected chi connectivity index (χ3v) is 8.06. The molecule has 0 aliphatic carbocycles. The number of hydrogen-bond acceptors (Lipinski definition) is 6. The molecular formula is C29H23N3O4. The third kappa shape index (κ3) is 3.00. The highest BCUT2D eigenvalue weighted by Gasteiger charge is 2.73. The van der Waals surface area contributed by atoms with Crippen LogP contribution in [-0.4, -0.2) is 29.6 Å². The van der Waals surface area contributed by atoms with Crippen molar-refractivity contribution in [3.63, 3.8) is 0 Å². The fourth-order valence-electron chi connectivity index (χ4n) is 6.44. The average molecular weight is 478 g/mol. The maximum Gasteiger partial charge on any atom is 0.240 e. The molecule has 0 N–H and O–H groups in total. The molecule has 178 valence electrons. The molecule has 36 heavy (non-hydrogen) atoms. The standard InChI is InChI=1S/C29H23N3O4/c1-28-12-13-29(36-28,14-15-35-23-9-5-2-6-19(23)17-31)25-24(28)26(33)32(27(25)34)22-11-10-18(16-30)20-7-3-4-8-21(20)22/h2-11,24-25H,12-15H2,1H3. The van der Waals surface area contributed by atoms with Crippen LogP contribution < -0.4 is 9.64 Å². The largest absolute Gasteiger partial charge is 0.492 e. The smallest absolute Gasteiger partial charge is 0.240 e. The van der Waals surface area contributed by atoms with E-state index in [1.54, 1.807) is 30.3 Å². The first kappa shape index (κ1) is 22.3. The molecular weight excluding hydrogens is 454 g/mol. The van der Waals surface area contributed by atoms with Gasteiger partial charge in [-0.3, -0.25) is 9.59 Å². The first-order chi connectivity index (χ1) is 17.4. The van der Waals surface area contributed by atoms with Gasteiger partial charge in [0, 0.05) is 17.2 Å². The number of fused-ring (bicyclic) bond motifs is 6. The Kier molecular flexibility index (Phi) is 4.90. The zero-order chi connectivity index (χ0) is 25.1. The molecule has 0 radical (unpaired) electrons. The number of hydrogen-bond donors (Lipinski definition) is 0. The van der Waals surface area contributed by atoms with Gasteiger partial charge in [0.1, 0.15) is 11.8 Å². The highest BCUT2D eigenvalue weighted by molar-refractivity contribution is 6.26. The lowest BCUT2D eigenvalue weighted by molar-refractivity contribution is -0.131. The van der Waals surface area contributed by atoms with Crippen LogP contribution in [0.4, 0.5) is 5.69 Å². The fourth-order valence-corrected chi connectivity index (χ4v) is 6.44. The van der Waals surface area contributed by atoms with Crippen LogP contribution in [0.5, 0.6) is 5.75 Å². The Morgan fingerprint density at radius 1 is 0.917 bits per heavy atom. The van der Waals surface area contributed by atoms with Gasteiger partial charge < -0.3 is 9.47 Å². The van der Waals surface area contributed by atoms with Crippen molar-refractivity contribution in [2.75, 3.05) is 11.5 Å². The minimum atomic E-state index is -0.801. The van der Waals surface area contributed by atoms with Crippen LogP contribution >= 0.6 is 0 Å². The van der Waals surface area contributed by atoms with Crippen LogP contribution in [0.2, 0.25) is 0 Å². The molecule has 3 aliphatic rings. The van der Waals surface area contributed by atoms with Gasteiger partial charge in [-0.05, 0) is 44.0 Å². The summed E-state index contributed by atoms with van der Waals surface area (Å²) in [6, 6.07) is 22.0. The van der Waals surface area contributed by atoms with E-state index >= 15 is 0 Å². The molecule has 3 aliphatic heterocycles. The summed E-state index contributed by atoms with van der Waals surface area (Å²) in [5.74, 6) is -1.20. The number of amides is 2. The number of benzene rings is 3. The van der Waals surface area contributed by atoms with Gasteiger partial charge in [-0.15, -0.1) is 0 Å². The van der Waals surface area contributed by atoms with Crippen molar-refractivity contribution >= 4 is 28.3 Å². The SMILES string of the molecule is CC12CCC(CCOc3ccccc3C#N)(O1)C1C(=O)N(c3ccc(C#N)c4ccccc34)C(=O)C12. The second kappa shape index (κ2) is 7.91. The number of rotatable bonds is 5. The third-order valence-electron chi connectivity index (χ3n) is 8.06. The Labute approximate surface area is 208 Å². The molecule has 0 saturated carbocycles. The number of nitrogens with zero attached hydrogens (tertiary/aromatic N) is 3. The molecule has 7 heteroatoms. The Bertz CT molecular complexity index is 1520. The molecule has 0 aromatic heterocycles. The predicted octanol–water partition coefficient (Wildman–Crippen LogP) is 4.48. The lowest BCUT2D eigenvalue weighted by atomic mass is 9.67. The molecule has 3 heterocycles. The van der Waals surface area contributed by atoms with Crippen LogP contribution in [-0.2, 0) is 14.3 Å². The van der Waals surface area contributed by atoms with Crippen molar-refractivity contribution < 1.29 is 19.1 Å². The first-order valence-electron chi connectivity index (χ1n) is 12.0. The molecule has 2 amide bonds. The first-order valence-corrected chi connectivity index (χ1v) is 12.0. The van der Waals surface area contributed by atoms with E-state index in [0.717, 1.165) is 0 Å². The van der Waals surface area contributed by atoms with Gasteiger partial charge in [-0.25, -0.2) is 4.90 Å². The van der Waals surface area contributed by atoms with Crippen molar-refractivity contribution in [1.29, 1.82) is 10.5 Å². The topological polar surface area (TPSA) is 103 Å².